The van der Waals surface area contributed by atoms with Gasteiger partial charge in [-0.2, -0.15) is 5.10 Å². The Hall–Kier alpha value is -3.45. The fourth-order valence-corrected chi connectivity index (χ4v) is 5.65. The van der Waals surface area contributed by atoms with Crippen molar-refractivity contribution in [3.8, 4) is 5.69 Å². The van der Waals surface area contributed by atoms with Crippen LogP contribution in [0.4, 0.5) is 0 Å². The first-order chi connectivity index (χ1) is 17.4. The van der Waals surface area contributed by atoms with Crippen LogP contribution in [0, 0.1) is 13.8 Å². The SMILES string of the molecule is Cc1nn(-c2ccccc2)c(C)c1C1C(=O)NCCN1CC(=O)NC(C)c1ccc2c(c1)CCCC2. The predicted octanol–water partition coefficient (Wildman–Crippen LogP) is 3.72. The van der Waals surface area contributed by atoms with Crippen LogP contribution in [0.25, 0.3) is 5.69 Å². The second-order valence-corrected chi connectivity index (χ2v) is 10.0. The van der Waals surface area contributed by atoms with E-state index in [1.54, 1.807) is 0 Å². The number of nitrogens with one attached hydrogen (secondary N) is 2. The van der Waals surface area contributed by atoms with E-state index in [2.05, 4.69) is 28.8 Å². The fraction of sp³-hybridized carbons (Fsp3) is 0.414. The van der Waals surface area contributed by atoms with E-state index in [4.69, 9.17) is 5.10 Å². The average Bonchev–Trinajstić information content (AvgIpc) is 3.18. The zero-order valence-electron chi connectivity index (χ0n) is 21.4. The largest absolute Gasteiger partial charge is 0.353 e. The van der Waals surface area contributed by atoms with E-state index in [-0.39, 0.29) is 24.4 Å². The normalized spacial score (nSPS) is 18.9. The summed E-state index contributed by atoms with van der Waals surface area (Å²) in [4.78, 5) is 28.2. The van der Waals surface area contributed by atoms with E-state index < -0.39 is 6.04 Å². The minimum Gasteiger partial charge on any atom is -0.353 e. The summed E-state index contributed by atoms with van der Waals surface area (Å²) in [5.41, 5.74) is 7.50. The summed E-state index contributed by atoms with van der Waals surface area (Å²) in [6, 6.07) is 15.9. The minimum atomic E-state index is -0.555. The van der Waals surface area contributed by atoms with Crippen LogP contribution in [-0.4, -0.2) is 46.1 Å². The van der Waals surface area contributed by atoms with Crippen LogP contribution < -0.4 is 10.6 Å². The Bertz CT molecular complexity index is 1270. The summed E-state index contributed by atoms with van der Waals surface area (Å²) in [6.45, 7) is 7.23. The highest BCUT2D eigenvalue weighted by Crippen LogP contribution is 2.30. The van der Waals surface area contributed by atoms with Gasteiger partial charge in [-0.15, -0.1) is 0 Å². The van der Waals surface area contributed by atoms with Crippen molar-refractivity contribution in [3.05, 3.63) is 82.2 Å². The zero-order chi connectivity index (χ0) is 25.2. The summed E-state index contributed by atoms with van der Waals surface area (Å²) in [7, 11) is 0. The van der Waals surface area contributed by atoms with Crippen LogP contribution in [0.5, 0.6) is 0 Å². The Morgan fingerprint density at radius 2 is 1.86 bits per heavy atom. The van der Waals surface area contributed by atoms with Gasteiger partial charge < -0.3 is 10.6 Å². The molecule has 2 heterocycles. The summed E-state index contributed by atoms with van der Waals surface area (Å²) in [6.07, 6.45) is 4.75. The lowest BCUT2D eigenvalue weighted by Crippen LogP contribution is -2.53. The molecule has 7 nitrogen and oxygen atoms in total. The van der Waals surface area contributed by atoms with Crippen LogP contribution in [0.15, 0.2) is 48.5 Å². The molecule has 36 heavy (non-hydrogen) atoms. The van der Waals surface area contributed by atoms with Gasteiger partial charge in [-0.3, -0.25) is 14.5 Å². The summed E-state index contributed by atoms with van der Waals surface area (Å²) >= 11 is 0. The lowest BCUT2D eigenvalue weighted by Gasteiger charge is -2.35. The highest BCUT2D eigenvalue weighted by atomic mass is 16.2. The zero-order valence-corrected chi connectivity index (χ0v) is 21.4. The van der Waals surface area contributed by atoms with E-state index >= 15 is 0 Å². The first-order valence-corrected chi connectivity index (χ1v) is 13.0. The molecule has 188 valence electrons. The van der Waals surface area contributed by atoms with Gasteiger partial charge in [0.15, 0.2) is 0 Å². The molecule has 2 unspecified atom stereocenters. The number of carbonyl (C=O) groups excluding carboxylic acids is 2. The number of benzene rings is 2. The maximum absolute atomic E-state index is 13.2. The van der Waals surface area contributed by atoms with E-state index in [1.165, 1.54) is 24.0 Å². The van der Waals surface area contributed by atoms with Gasteiger partial charge in [-0.1, -0.05) is 36.4 Å². The van der Waals surface area contributed by atoms with Crippen molar-refractivity contribution in [3.63, 3.8) is 0 Å². The lowest BCUT2D eigenvalue weighted by atomic mass is 9.89. The monoisotopic (exact) mass is 485 g/mol. The van der Waals surface area contributed by atoms with Gasteiger partial charge in [0, 0.05) is 24.3 Å². The van der Waals surface area contributed by atoms with Crippen molar-refractivity contribution in [1.82, 2.24) is 25.3 Å². The van der Waals surface area contributed by atoms with Gasteiger partial charge in [0.1, 0.15) is 6.04 Å². The van der Waals surface area contributed by atoms with Crippen LogP contribution in [-0.2, 0) is 22.4 Å². The molecule has 1 aliphatic carbocycles. The van der Waals surface area contributed by atoms with Crippen molar-refractivity contribution in [2.45, 2.75) is 58.5 Å². The Morgan fingerprint density at radius 1 is 1.11 bits per heavy atom. The number of nitrogens with zero attached hydrogens (tertiary/aromatic N) is 3. The number of piperazine rings is 1. The summed E-state index contributed by atoms with van der Waals surface area (Å²) in [5, 5.41) is 10.9. The van der Waals surface area contributed by atoms with Gasteiger partial charge >= 0.3 is 0 Å². The molecule has 7 heteroatoms. The number of para-hydroxylation sites is 1. The van der Waals surface area contributed by atoms with Crippen LogP contribution in [0.3, 0.4) is 0 Å². The van der Waals surface area contributed by atoms with Crippen molar-refractivity contribution < 1.29 is 9.59 Å². The molecule has 0 bridgehead atoms. The molecule has 1 aromatic heterocycles. The Kier molecular flexibility index (Phi) is 6.92. The van der Waals surface area contributed by atoms with E-state index in [0.29, 0.717) is 13.1 Å². The van der Waals surface area contributed by atoms with Gasteiger partial charge in [-0.05, 0) is 75.3 Å². The van der Waals surface area contributed by atoms with Crippen molar-refractivity contribution >= 4 is 11.8 Å². The second kappa shape index (κ2) is 10.3. The maximum Gasteiger partial charge on any atom is 0.242 e. The number of aryl methyl sites for hydroxylation is 3. The van der Waals surface area contributed by atoms with Crippen molar-refractivity contribution in [2.24, 2.45) is 0 Å². The Balaban J connectivity index is 1.33. The van der Waals surface area contributed by atoms with Gasteiger partial charge in [0.25, 0.3) is 0 Å². The van der Waals surface area contributed by atoms with Gasteiger partial charge in [0.05, 0.1) is 24.0 Å². The molecule has 2 amide bonds. The van der Waals surface area contributed by atoms with Crippen molar-refractivity contribution in [1.29, 1.82) is 0 Å². The third-order valence-electron chi connectivity index (χ3n) is 7.53. The molecule has 3 aromatic rings. The lowest BCUT2D eigenvalue weighted by molar-refractivity contribution is -0.132. The molecule has 2 atom stereocenters. The standard InChI is InChI=1S/C29H35N5O2/c1-19(23-14-13-22-9-7-8-10-24(22)17-23)31-26(35)18-33-16-15-30-29(36)28(33)27-20(2)32-34(21(27)3)25-11-5-4-6-12-25/h4-6,11-14,17,19,28H,7-10,15-16,18H2,1-3H3,(H,30,36)(H,31,35). The van der Waals surface area contributed by atoms with Crippen LogP contribution >= 0.6 is 0 Å². The molecule has 2 aliphatic rings. The summed E-state index contributed by atoms with van der Waals surface area (Å²) < 4.78 is 1.88. The number of fused-ring (bicyclic) bond motifs is 1. The molecule has 5 rings (SSSR count). The average molecular weight is 486 g/mol. The quantitative estimate of drug-likeness (QED) is 0.558. The maximum atomic E-state index is 13.2. The second-order valence-electron chi connectivity index (χ2n) is 10.0. The van der Waals surface area contributed by atoms with E-state index in [1.807, 2.05) is 60.7 Å². The molecule has 1 aliphatic heterocycles. The minimum absolute atomic E-state index is 0.0781. The Morgan fingerprint density at radius 3 is 2.64 bits per heavy atom. The first kappa shape index (κ1) is 24.3. The number of hydrogen-bond acceptors (Lipinski definition) is 4. The molecular weight excluding hydrogens is 450 g/mol. The highest BCUT2D eigenvalue weighted by Gasteiger charge is 2.36. The molecule has 2 aromatic carbocycles. The molecule has 1 fully saturated rings. The van der Waals surface area contributed by atoms with E-state index in [0.717, 1.165) is 41.0 Å². The van der Waals surface area contributed by atoms with Crippen molar-refractivity contribution in [2.75, 3.05) is 19.6 Å². The topological polar surface area (TPSA) is 79.3 Å². The van der Waals surface area contributed by atoms with E-state index in [9.17, 15) is 9.59 Å². The Labute approximate surface area is 212 Å². The van der Waals surface area contributed by atoms with Gasteiger partial charge in [0.2, 0.25) is 11.8 Å². The molecule has 0 radical (unpaired) electrons. The molecule has 0 saturated carbocycles. The van der Waals surface area contributed by atoms with Crippen LogP contribution in [0.1, 0.15) is 65.5 Å². The van der Waals surface area contributed by atoms with Gasteiger partial charge in [-0.25, -0.2) is 4.68 Å². The predicted molar refractivity (Wildman–Crippen MR) is 140 cm³/mol. The number of hydrogen-bond donors (Lipinski definition) is 2. The van der Waals surface area contributed by atoms with Crippen LogP contribution in [0.2, 0.25) is 0 Å². The summed E-state index contributed by atoms with van der Waals surface area (Å²) in [5.74, 6) is -0.165. The number of rotatable bonds is 6. The molecule has 1 saturated heterocycles. The highest BCUT2D eigenvalue weighted by molar-refractivity contribution is 5.86. The number of aromatic nitrogens is 2. The number of carbonyl (C=O) groups is 2. The molecular formula is C29H35N5O2. The fourth-order valence-electron chi connectivity index (χ4n) is 5.65. The third kappa shape index (κ3) is 4.80. The third-order valence-corrected chi connectivity index (χ3v) is 7.53. The molecule has 0 spiro atoms. The smallest absolute Gasteiger partial charge is 0.242 e. The first-order valence-electron chi connectivity index (χ1n) is 13.0. The number of amides is 2. The molecule has 2 N–H and O–H groups in total.